The van der Waals surface area contributed by atoms with Crippen LogP contribution >= 0.6 is 0 Å². The van der Waals surface area contributed by atoms with Gasteiger partial charge in [0.1, 0.15) is 4.90 Å². The predicted molar refractivity (Wildman–Crippen MR) is 121 cm³/mol. The van der Waals surface area contributed by atoms with Crippen LogP contribution in [0.25, 0.3) is 22.6 Å². The number of allylic oxidation sites excluding steroid dienone is 1. The van der Waals surface area contributed by atoms with Crippen LogP contribution in [-0.2, 0) is 10.1 Å². The molecule has 5 rings (SSSR count). The van der Waals surface area contributed by atoms with Crippen LogP contribution in [0, 0.1) is 5.92 Å². The van der Waals surface area contributed by atoms with Crippen molar-refractivity contribution in [2.75, 3.05) is 0 Å². The second-order valence-corrected chi connectivity index (χ2v) is 10.7. The lowest BCUT2D eigenvalue weighted by molar-refractivity contribution is 0.401. The highest BCUT2D eigenvalue weighted by Crippen LogP contribution is 2.35. The first kappa shape index (κ1) is 20.1. The van der Waals surface area contributed by atoms with Crippen molar-refractivity contribution in [3.8, 4) is 0 Å². The van der Waals surface area contributed by atoms with E-state index in [-0.39, 0.29) is 4.90 Å². The number of fused-ring (bicyclic) bond motifs is 2. The summed E-state index contributed by atoms with van der Waals surface area (Å²) in [5.41, 5.74) is 5.88. The van der Waals surface area contributed by atoms with Gasteiger partial charge in [-0.3, -0.25) is 4.55 Å². The van der Waals surface area contributed by atoms with E-state index >= 15 is 0 Å². The fourth-order valence-corrected chi connectivity index (χ4v) is 6.68. The van der Waals surface area contributed by atoms with E-state index in [1.807, 2.05) is 12.1 Å². The van der Waals surface area contributed by atoms with E-state index in [9.17, 15) is 13.0 Å². The van der Waals surface area contributed by atoms with E-state index in [0.717, 1.165) is 42.7 Å². The first-order chi connectivity index (χ1) is 14.5. The quantitative estimate of drug-likeness (QED) is 0.691. The van der Waals surface area contributed by atoms with Crippen LogP contribution in [0.15, 0.2) is 34.7 Å². The molecular formula is C26H30O3S. The molecule has 0 radical (unpaired) electrons. The lowest BCUT2D eigenvalue weighted by Gasteiger charge is -2.24. The Kier molecular flexibility index (Phi) is 5.35. The van der Waals surface area contributed by atoms with Crippen molar-refractivity contribution in [2.45, 2.75) is 81.4 Å². The molecule has 30 heavy (non-hydrogen) atoms. The van der Waals surface area contributed by atoms with Gasteiger partial charge in [0.05, 0.1) is 0 Å². The lowest BCUT2D eigenvalue weighted by Crippen LogP contribution is -2.32. The maximum Gasteiger partial charge on any atom is 0.296 e. The predicted octanol–water partition coefficient (Wildman–Crippen LogP) is 5.20. The third-order valence-electron chi connectivity index (χ3n) is 7.41. The molecule has 0 heterocycles. The molecule has 2 saturated carbocycles. The average molecular weight is 423 g/mol. The highest BCUT2D eigenvalue weighted by atomic mass is 32.2. The highest BCUT2D eigenvalue weighted by Gasteiger charge is 2.23. The largest absolute Gasteiger partial charge is 0.296 e. The molecule has 0 bridgehead atoms. The zero-order valence-electron chi connectivity index (χ0n) is 17.5. The molecule has 0 unspecified atom stereocenters. The molecule has 0 spiro atoms. The standard InChI is InChI=1S/C26H30O3S/c27-30(28,29)26-24-16-20(18-7-3-1-4-8-18)11-13-22(24)15-23-14-12-21(17-25(23)26)19-9-5-2-6-10-19/h11,13-16,18-19H,1-10,12H2,(H,27,28,29). The number of rotatable bonds is 3. The molecule has 3 aliphatic carbocycles. The molecule has 2 fully saturated rings. The van der Waals surface area contributed by atoms with Crippen molar-refractivity contribution < 1.29 is 13.0 Å². The summed E-state index contributed by atoms with van der Waals surface area (Å²) in [6.07, 6.45) is 15.1. The summed E-state index contributed by atoms with van der Waals surface area (Å²) in [6.45, 7) is 0. The SMILES string of the molecule is O=S(=O)(O)c1c2c(cc3ccc(C4CCCCC4)cc13)=CCC(C1CCCCC1)=C=2. The van der Waals surface area contributed by atoms with E-state index in [4.69, 9.17) is 0 Å². The lowest BCUT2D eigenvalue weighted by atomic mass is 9.81. The minimum Gasteiger partial charge on any atom is -0.282 e. The van der Waals surface area contributed by atoms with Crippen LogP contribution in [0.4, 0.5) is 0 Å². The van der Waals surface area contributed by atoms with Crippen LogP contribution in [0.1, 0.15) is 82.1 Å². The molecule has 0 aliphatic heterocycles. The summed E-state index contributed by atoms with van der Waals surface area (Å²) in [6, 6.07) is 8.26. The summed E-state index contributed by atoms with van der Waals surface area (Å²) >= 11 is 0. The normalized spacial score (nSPS) is 20.9. The van der Waals surface area contributed by atoms with Crippen molar-refractivity contribution >= 4 is 32.7 Å². The maximum atomic E-state index is 12.6. The van der Waals surface area contributed by atoms with Gasteiger partial charge < -0.3 is 0 Å². The third-order valence-corrected chi connectivity index (χ3v) is 8.35. The van der Waals surface area contributed by atoms with Crippen LogP contribution in [0.5, 0.6) is 0 Å². The van der Waals surface area contributed by atoms with Crippen LogP contribution in [0.2, 0.25) is 0 Å². The van der Waals surface area contributed by atoms with Gasteiger partial charge in [0, 0.05) is 10.6 Å². The van der Waals surface area contributed by atoms with Gasteiger partial charge in [0.25, 0.3) is 10.1 Å². The zero-order chi connectivity index (χ0) is 20.7. The summed E-state index contributed by atoms with van der Waals surface area (Å²) in [4.78, 5) is 0.0527. The second-order valence-electron chi connectivity index (χ2n) is 9.35. The Hall–Kier alpha value is -1.87. The number of benzene rings is 2. The molecule has 0 aromatic heterocycles. The fourth-order valence-electron chi connectivity index (χ4n) is 5.80. The van der Waals surface area contributed by atoms with Crippen molar-refractivity contribution in [3.63, 3.8) is 0 Å². The van der Waals surface area contributed by atoms with Crippen LogP contribution in [-0.4, -0.2) is 13.0 Å². The molecule has 2 aromatic rings. The van der Waals surface area contributed by atoms with E-state index < -0.39 is 10.1 Å². The number of hydrogen-bond acceptors (Lipinski definition) is 2. The molecule has 3 aliphatic rings. The Balaban J connectivity index is 1.76. The number of hydrogen-bond donors (Lipinski definition) is 1. The molecule has 2 aromatic carbocycles. The molecule has 0 saturated heterocycles. The minimum atomic E-state index is -4.37. The van der Waals surface area contributed by atoms with Gasteiger partial charge in [-0.25, -0.2) is 0 Å². The Labute approximate surface area is 178 Å². The van der Waals surface area contributed by atoms with Gasteiger partial charge in [-0.1, -0.05) is 56.7 Å². The maximum absolute atomic E-state index is 12.6. The van der Waals surface area contributed by atoms with Crippen molar-refractivity contribution in [1.82, 2.24) is 0 Å². The summed E-state index contributed by atoms with van der Waals surface area (Å²) in [7, 11) is -4.37. The average Bonchev–Trinajstić information content (AvgIpc) is 2.77. The van der Waals surface area contributed by atoms with Gasteiger partial charge in [-0.2, -0.15) is 8.42 Å². The molecule has 0 amide bonds. The molecule has 1 N–H and O–H groups in total. The summed E-state index contributed by atoms with van der Waals surface area (Å²) < 4.78 is 35.4. The Morgan fingerprint density at radius 2 is 1.53 bits per heavy atom. The Bertz CT molecular complexity index is 1240. The second kappa shape index (κ2) is 8.00. The van der Waals surface area contributed by atoms with Gasteiger partial charge in [-0.15, -0.1) is 5.73 Å². The third kappa shape index (κ3) is 3.77. The van der Waals surface area contributed by atoms with Crippen molar-refractivity contribution in [1.29, 1.82) is 0 Å². The summed E-state index contributed by atoms with van der Waals surface area (Å²) in [5.74, 6) is 0.971. The zero-order valence-corrected chi connectivity index (χ0v) is 18.3. The van der Waals surface area contributed by atoms with E-state index in [2.05, 4.69) is 23.9 Å². The van der Waals surface area contributed by atoms with Gasteiger partial charge in [0.2, 0.25) is 0 Å². The Morgan fingerprint density at radius 1 is 0.867 bits per heavy atom. The van der Waals surface area contributed by atoms with Crippen molar-refractivity contribution in [2.24, 2.45) is 5.92 Å². The molecule has 3 nitrogen and oxygen atoms in total. The highest BCUT2D eigenvalue weighted by molar-refractivity contribution is 7.86. The molecular weight excluding hydrogens is 392 g/mol. The minimum absolute atomic E-state index is 0.0527. The van der Waals surface area contributed by atoms with Gasteiger partial charge in [0.15, 0.2) is 0 Å². The van der Waals surface area contributed by atoms with E-state index in [0.29, 0.717) is 22.4 Å². The Morgan fingerprint density at radius 3 is 2.20 bits per heavy atom. The smallest absolute Gasteiger partial charge is 0.282 e. The molecule has 4 heteroatoms. The van der Waals surface area contributed by atoms with Crippen LogP contribution < -0.4 is 10.4 Å². The van der Waals surface area contributed by atoms with Crippen molar-refractivity contribution in [3.05, 3.63) is 45.8 Å². The van der Waals surface area contributed by atoms with Gasteiger partial charge >= 0.3 is 0 Å². The molecule has 0 atom stereocenters. The van der Waals surface area contributed by atoms with E-state index in [1.54, 1.807) is 0 Å². The fraction of sp³-hybridized carbons (Fsp3) is 0.500. The molecule has 158 valence electrons. The first-order valence-electron chi connectivity index (χ1n) is 11.5. The van der Waals surface area contributed by atoms with Crippen LogP contribution in [0.3, 0.4) is 0 Å². The van der Waals surface area contributed by atoms with E-state index in [1.165, 1.54) is 49.7 Å². The first-order valence-corrected chi connectivity index (χ1v) is 13.0. The monoisotopic (exact) mass is 422 g/mol. The van der Waals surface area contributed by atoms with Gasteiger partial charge in [-0.05, 0) is 77.8 Å². The summed E-state index contributed by atoms with van der Waals surface area (Å²) in [5, 5.41) is 2.96. The topological polar surface area (TPSA) is 54.4 Å².